The van der Waals surface area contributed by atoms with E-state index in [4.69, 9.17) is 4.74 Å². The minimum atomic E-state index is -4.44. The maximum absolute atomic E-state index is 12.9. The number of nitrogens with zero attached hydrogens (tertiary/aromatic N) is 2. The lowest BCUT2D eigenvalue weighted by molar-refractivity contribution is -0.137. The Morgan fingerprint density at radius 2 is 2.19 bits per heavy atom. The van der Waals surface area contributed by atoms with Gasteiger partial charge in [0, 0.05) is 6.61 Å². The molecule has 3 rings (SSSR count). The quantitative estimate of drug-likeness (QED) is 0.900. The molecule has 140 valence electrons. The van der Waals surface area contributed by atoms with Gasteiger partial charge in [0.2, 0.25) is 0 Å². The summed E-state index contributed by atoms with van der Waals surface area (Å²) in [6.45, 7) is 4.22. The van der Waals surface area contributed by atoms with Crippen LogP contribution in [0.2, 0.25) is 0 Å². The number of carbonyl (C=O) groups excluding carboxylic acids is 1. The van der Waals surface area contributed by atoms with E-state index in [0.29, 0.717) is 17.9 Å². The molecule has 1 aliphatic rings. The zero-order valence-corrected chi connectivity index (χ0v) is 14.5. The Labute approximate surface area is 149 Å². The predicted octanol–water partition coefficient (Wildman–Crippen LogP) is 3.50. The molecule has 1 N–H and O–H groups in total. The molecule has 0 bridgehead atoms. The second kappa shape index (κ2) is 7.11. The summed E-state index contributed by atoms with van der Waals surface area (Å²) in [5.74, 6) is -0.316. The number of benzene rings is 1. The molecule has 1 aliphatic heterocycles. The highest BCUT2D eigenvalue weighted by Gasteiger charge is 2.31. The zero-order valence-electron chi connectivity index (χ0n) is 14.5. The van der Waals surface area contributed by atoms with E-state index < -0.39 is 11.7 Å². The first kappa shape index (κ1) is 18.4. The molecule has 1 saturated heterocycles. The summed E-state index contributed by atoms with van der Waals surface area (Å²) < 4.78 is 45.6. The van der Waals surface area contributed by atoms with E-state index in [9.17, 15) is 18.0 Å². The highest BCUT2D eigenvalue weighted by molar-refractivity contribution is 5.95. The topological polar surface area (TPSA) is 56.1 Å². The van der Waals surface area contributed by atoms with Gasteiger partial charge in [-0.1, -0.05) is 6.07 Å². The van der Waals surface area contributed by atoms with Crippen molar-refractivity contribution in [1.29, 1.82) is 0 Å². The first-order valence-electron chi connectivity index (χ1n) is 8.42. The predicted molar refractivity (Wildman–Crippen MR) is 89.2 cm³/mol. The largest absolute Gasteiger partial charge is 0.416 e. The van der Waals surface area contributed by atoms with Crippen molar-refractivity contribution in [2.75, 3.05) is 6.61 Å². The van der Waals surface area contributed by atoms with Crippen molar-refractivity contribution in [2.24, 2.45) is 0 Å². The zero-order chi connectivity index (χ0) is 18.9. The van der Waals surface area contributed by atoms with E-state index in [1.807, 2.05) is 6.92 Å². The normalized spacial score (nSPS) is 18.7. The molecule has 26 heavy (non-hydrogen) atoms. The maximum atomic E-state index is 12.9. The smallest absolute Gasteiger partial charge is 0.376 e. The van der Waals surface area contributed by atoms with Gasteiger partial charge in [-0.2, -0.15) is 18.3 Å². The van der Waals surface area contributed by atoms with Gasteiger partial charge >= 0.3 is 6.18 Å². The van der Waals surface area contributed by atoms with Crippen molar-refractivity contribution in [1.82, 2.24) is 15.1 Å². The number of hydrogen-bond donors (Lipinski definition) is 1. The van der Waals surface area contributed by atoms with Crippen LogP contribution in [-0.2, 0) is 10.9 Å². The lowest BCUT2D eigenvalue weighted by Crippen LogP contribution is -2.40. The lowest BCUT2D eigenvalue weighted by atomic mass is 10.1. The summed E-state index contributed by atoms with van der Waals surface area (Å²) in [5, 5.41) is 6.97. The molecule has 1 aromatic heterocycles. The number of alkyl halides is 3. The molecule has 2 unspecified atom stereocenters. The summed E-state index contributed by atoms with van der Waals surface area (Å²) in [6, 6.07) is 4.70. The standard InChI is InChI=1S/C18H20F3N3O2/c1-11(16-7-4-8-26-16)23-17(25)15-10-22-24(12(15)2)14-6-3-5-13(9-14)18(19,20)21/h3,5-6,9-11,16H,4,7-8H2,1-2H3,(H,23,25). The number of amides is 1. The number of halogens is 3. The van der Waals surface area contributed by atoms with Crippen LogP contribution in [0.5, 0.6) is 0 Å². The van der Waals surface area contributed by atoms with Crippen LogP contribution in [0.1, 0.15) is 41.4 Å². The lowest BCUT2D eigenvalue weighted by Gasteiger charge is -2.19. The van der Waals surface area contributed by atoms with E-state index in [2.05, 4.69) is 10.4 Å². The number of rotatable bonds is 4. The molecule has 0 aliphatic carbocycles. The van der Waals surface area contributed by atoms with Crippen LogP contribution in [0, 0.1) is 6.92 Å². The minimum absolute atomic E-state index is 0.0160. The molecule has 0 saturated carbocycles. The Hall–Kier alpha value is -2.35. The van der Waals surface area contributed by atoms with Crippen LogP contribution in [0.15, 0.2) is 30.5 Å². The number of nitrogens with one attached hydrogen (secondary N) is 1. The molecular formula is C18H20F3N3O2. The van der Waals surface area contributed by atoms with E-state index in [-0.39, 0.29) is 23.7 Å². The SMILES string of the molecule is Cc1c(C(=O)NC(C)C2CCCO2)cnn1-c1cccc(C(F)(F)F)c1. The average Bonchev–Trinajstić information content (AvgIpc) is 3.23. The second-order valence-electron chi connectivity index (χ2n) is 6.42. The van der Waals surface area contributed by atoms with Gasteiger partial charge in [-0.25, -0.2) is 4.68 Å². The first-order valence-corrected chi connectivity index (χ1v) is 8.42. The second-order valence-corrected chi connectivity index (χ2v) is 6.42. The molecule has 2 heterocycles. The molecule has 1 amide bonds. The number of aromatic nitrogens is 2. The Kier molecular flexibility index (Phi) is 5.04. The van der Waals surface area contributed by atoms with Crippen LogP contribution in [0.4, 0.5) is 13.2 Å². The fourth-order valence-electron chi connectivity index (χ4n) is 3.08. The molecule has 0 radical (unpaired) electrons. The number of carbonyl (C=O) groups is 1. The highest BCUT2D eigenvalue weighted by atomic mass is 19.4. The maximum Gasteiger partial charge on any atom is 0.416 e. The molecular weight excluding hydrogens is 347 g/mol. The number of hydrogen-bond acceptors (Lipinski definition) is 3. The monoisotopic (exact) mass is 367 g/mol. The van der Waals surface area contributed by atoms with Crippen molar-refractivity contribution in [3.8, 4) is 5.69 Å². The van der Waals surface area contributed by atoms with Crippen molar-refractivity contribution in [2.45, 2.75) is 45.0 Å². The van der Waals surface area contributed by atoms with Gasteiger partial charge in [0.1, 0.15) is 0 Å². The summed E-state index contributed by atoms with van der Waals surface area (Å²) in [6.07, 6.45) is -1.22. The van der Waals surface area contributed by atoms with Crippen LogP contribution in [-0.4, -0.2) is 34.4 Å². The molecule has 5 nitrogen and oxygen atoms in total. The van der Waals surface area contributed by atoms with Crippen molar-refractivity contribution >= 4 is 5.91 Å². The summed E-state index contributed by atoms with van der Waals surface area (Å²) in [4.78, 5) is 12.5. The van der Waals surface area contributed by atoms with Crippen LogP contribution in [0.25, 0.3) is 5.69 Å². The Balaban J connectivity index is 1.80. The molecule has 1 aromatic carbocycles. The third-order valence-corrected chi connectivity index (χ3v) is 4.55. The van der Waals surface area contributed by atoms with Gasteiger partial charge in [0.25, 0.3) is 5.91 Å². The minimum Gasteiger partial charge on any atom is -0.376 e. The summed E-state index contributed by atoms with van der Waals surface area (Å²) in [7, 11) is 0. The molecule has 8 heteroatoms. The summed E-state index contributed by atoms with van der Waals surface area (Å²) in [5.41, 5.74) is 0.292. The Bertz CT molecular complexity index is 795. The third kappa shape index (κ3) is 3.75. The fourth-order valence-corrected chi connectivity index (χ4v) is 3.08. The van der Waals surface area contributed by atoms with Crippen LogP contribution in [0.3, 0.4) is 0 Å². The molecule has 2 atom stereocenters. The average molecular weight is 367 g/mol. The van der Waals surface area contributed by atoms with Crippen LogP contribution >= 0.6 is 0 Å². The van der Waals surface area contributed by atoms with Crippen molar-refractivity contribution in [3.05, 3.63) is 47.3 Å². The fraction of sp³-hybridized carbons (Fsp3) is 0.444. The van der Waals surface area contributed by atoms with Crippen LogP contribution < -0.4 is 5.32 Å². The molecule has 1 fully saturated rings. The Morgan fingerprint density at radius 1 is 1.42 bits per heavy atom. The van der Waals surface area contributed by atoms with E-state index >= 15 is 0 Å². The first-order chi connectivity index (χ1) is 12.3. The van der Waals surface area contributed by atoms with E-state index in [1.54, 1.807) is 6.92 Å². The van der Waals surface area contributed by atoms with Crippen molar-refractivity contribution in [3.63, 3.8) is 0 Å². The van der Waals surface area contributed by atoms with E-state index in [0.717, 1.165) is 25.0 Å². The van der Waals surface area contributed by atoms with Gasteiger partial charge in [-0.3, -0.25) is 4.79 Å². The van der Waals surface area contributed by atoms with Gasteiger partial charge in [-0.05, 0) is 44.9 Å². The van der Waals surface area contributed by atoms with Crippen molar-refractivity contribution < 1.29 is 22.7 Å². The van der Waals surface area contributed by atoms with Gasteiger partial charge < -0.3 is 10.1 Å². The molecule has 2 aromatic rings. The summed E-state index contributed by atoms with van der Waals surface area (Å²) >= 11 is 0. The molecule has 0 spiro atoms. The van der Waals surface area contributed by atoms with E-state index in [1.165, 1.54) is 23.0 Å². The number of ether oxygens (including phenoxy) is 1. The Morgan fingerprint density at radius 3 is 2.85 bits per heavy atom. The van der Waals surface area contributed by atoms with Gasteiger partial charge in [0.05, 0.1) is 40.9 Å². The highest BCUT2D eigenvalue weighted by Crippen LogP contribution is 2.30. The van der Waals surface area contributed by atoms with Gasteiger partial charge in [0.15, 0.2) is 0 Å². The third-order valence-electron chi connectivity index (χ3n) is 4.55. The van der Waals surface area contributed by atoms with Gasteiger partial charge in [-0.15, -0.1) is 0 Å².